The first-order chi connectivity index (χ1) is 8.97. The molecule has 0 spiro atoms. The first-order valence-corrected chi connectivity index (χ1v) is 6.69. The second-order valence-corrected chi connectivity index (χ2v) is 5.40. The lowest BCUT2D eigenvalue weighted by atomic mass is 10.2. The first kappa shape index (κ1) is 14.1. The molecule has 0 unspecified atom stereocenters. The molecule has 0 aliphatic carbocycles. The van der Waals surface area contributed by atoms with Crippen molar-refractivity contribution in [1.82, 2.24) is 4.98 Å². The summed E-state index contributed by atoms with van der Waals surface area (Å²) in [5.74, 6) is -0.186. The number of carbonyl (C=O) groups is 1. The van der Waals surface area contributed by atoms with Crippen molar-refractivity contribution in [3.63, 3.8) is 0 Å². The minimum atomic E-state index is -0.404. The van der Waals surface area contributed by atoms with E-state index in [0.717, 1.165) is 4.47 Å². The van der Waals surface area contributed by atoms with Crippen molar-refractivity contribution in [2.45, 2.75) is 0 Å². The fourth-order valence-corrected chi connectivity index (χ4v) is 2.13. The number of nitrogens with two attached hydrogens (primary N) is 1. The van der Waals surface area contributed by atoms with Gasteiger partial charge in [0.05, 0.1) is 21.3 Å². The molecule has 4 nitrogen and oxygen atoms in total. The largest absolute Gasteiger partial charge is 0.384 e. The fourth-order valence-electron chi connectivity index (χ4n) is 1.41. The summed E-state index contributed by atoms with van der Waals surface area (Å²) in [6, 6.07) is 6.54. The molecule has 1 aromatic heterocycles. The van der Waals surface area contributed by atoms with Crippen LogP contribution >= 0.6 is 39.1 Å². The molecule has 2 aromatic rings. The van der Waals surface area contributed by atoms with Crippen LogP contribution in [0.1, 0.15) is 10.4 Å². The lowest BCUT2D eigenvalue weighted by Gasteiger charge is -2.09. The van der Waals surface area contributed by atoms with Gasteiger partial charge in [-0.05, 0) is 24.3 Å². The van der Waals surface area contributed by atoms with Gasteiger partial charge in [0.2, 0.25) is 0 Å². The van der Waals surface area contributed by atoms with Gasteiger partial charge < -0.3 is 11.1 Å². The van der Waals surface area contributed by atoms with Crippen LogP contribution in [0.5, 0.6) is 0 Å². The lowest BCUT2D eigenvalue weighted by molar-refractivity contribution is 0.102. The zero-order valence-corrected chi connectivity index (χ0v) is 12.6. The summed E-state index contributed by atoms with van der Waals surface area (Å²) >= 11 is 15.2. The van der Waals surface area contributed by atoms with Gasteiger partial charge >= 0.3 is 0 Å². The third-order valence-corrected chi connectivity index (χ3v) is 3.42. The zero-order valence-electron chi connectivity index (χ0n) is 9.45. The number of pyridine rings is 1. The van der Waals surface area contributed by atoms with E-state index in [1.807, 2.05) is 0 Å². The predicted octanol–water partition coefficient (Wildman–Crippen LogP) is 3.99. The normalized spacial score (nSPS) is 10.3. The van der Waals surface area contributed by atoms with Gasteiger partial charge in [-0.3, -0.25) is 4.79 Å². The molecule has 0 saturated carbocycles. The highest BCUT2D eigenvalue weighted by molar-refractivity contribution is 9.10. The number of hydrogen-bond donors (Lipinski definition) is 2. The second-order valence-electron chi connectivity index (χ2n) is 3.67. The second kappa shape index (κ2) is 5.77. The van der Waals surface area contributed by atoms with E-state index in [4.69, 9.17) is 28.9 Å². The van der Waals surface area contributed by atoms with Crippen LogP contribution in [-0.2, 0) is 0 Å². The maximum atomic E-state index is 12.1. The van der Waals surface area contributed by atoms with E-state index in [9.17, 15) is 4.79 Å². The highest BCUT2D eigenvalue weighted by Gasteiger charge is 2.13. The molecule has 0 radical (unpaired) electrons. The number of carbonyl (C=O) groups excluding carboxylic acids is 1. The van der Waals surface area contributed by atoms with Crippen molar-refractivity contribution in [2.75, 3.05) is 11.1 Å². The number of hydrogen-bond acceptors (Lipinski definition) is 3. The van der Waals surface area contributed by atoms with Crippen molar-refractivity contribution in [3.8, 4) is 0 Å². The summed E-state index contributed by atoms with van der Waals surface area (Å²) in [5.41, 5.74) is 6.25. The van der Waals surface area contributed by atoms with Crippen molar-refractivity contribution in [1.29, 1.82) is 0 Å². The number of benzene rings is 1. The van der Waals surface area contributed by atoms with Crippen LogP contribution in [0.25, 0.3) is 0 Å². The Labute approximate surface area is 128 Å². The fraction of sp³-hybridized carbons (Fsp3) is 0. The van der Waals surface area contributed by atoms with Gasteiger partial charge in [0.25, 0.3) is 5.91 Å². The predicted molar refractivity (Wildman–Crippen MR) is 80.8 cm³/mol. The maximum absolute atomic E-state index is 12.1. The summed E-state index contributed by atoms with van der Waals surface area (Å²) in [4.78, 5) is 15.9. The SMILES string of the molecule is Nc1cc(C(=O)Nc2cc(Br)ccc2Cl)c(Cl)cn1. The zero-order chi connectivity index (χ0) is 14.0. The summed E-state index contributed by atoms with van der Waals surface area (Å²) in [7, 11) is 0. The molecule has 1 amide bonds. The van der Waals surface area contributed by atoms with Crippen LogP contribution in [-0.4, -0.2) is 10.9 Å². The van der Waals surface area contributed by atoms with Crippen LogP contribution in [0.15, 0.2) is 34.9 Å². The highest BCUT2D eigenvalue weighted by atomic mass is 79.9. The van der Waals surface area contributed by atoms with Crippen molar-refractivity contribution in [3.05, 3.63) is 50.5 Å². The Morgan fingerprint density at radius 2 is 2.00 bits per heavy atom. The minimum absolute atomic E-state index is 0.217. The molecule has 0 aliphatic heterocycles. The smallest absolute Gasteiger partial charge is 0.257 e. The molecule has 98 valence electrons. The molecule has 1 heterocycles. The van der Waals surface area contributed by atoms with E-state index >= 15 is 0 Å². The molecule has 0 fully saturated rings. The van der Waals surface area contributed by atoms with E-state index in [1.165, 1.54) is 12.3 Å². The van der Waals surface area contributed by atoms with Gasteiger partial charge in [-0.25, -0.2) is 4.98 Å². The minimum Gasteiger partial charge on any atom is -0.384 e. The molecule has 0 aliphatic rings. The van der Waals surface area contributed by atoms with Crippen molar-refractivity contribution in [2.24, 2.45) is 0 Å². The van der Waals surface area contributed by atoms with Gasteiger partial charge in [-0.1, -0.05) is 39.1 Å². The van der Waals surface area contributed by atoms with Gasteiger partial charge in [-0.2, -0.15) is 0 Å². The number of nitrogens with zero attached hydrogens (tertiary/aromatic N) is 1. The number of aromatic nitrogens is 1. The summed E-state index contributed by atoms with van der Waals surface area (Å²) in [6.07, 6.45) is 1.33. The van der Waals surface area contributed by atoms with Crippen LogP contribution in [0.2, 0.25) is 10.0 Å². The molecule has 0 atom stereocenters. The molecule has 1 aromatic carbocycles. The number of nitrogens with one attached hydrogen (secondary N) is 1. The Morgan fingerprint density at radius 1 is 1.26 bits per heavy atom. The molecular weight excluding hydrogens is 353 g/mol. The van der Waals surface area contributed by atoms with Gasteiger partial charge in [0, 0.05) is 10.7 Å². The van der Waals surface area contributed by atoms with Gasteiger partial charge in [-0.15, -0.1) is 0 Å². The Bertz CT molecular complexity index is 649. The lowest BCUT2D eigenvalue weighted by Crippen LogP contribution is -2.13. The number of amides is 1. The van der Waals surface area contributed by atoms with Crippen LogP contribution in [0, 0.1) is 0 Å². The van der Waals surface area contributed by atoms with E-state index in [1.54, 1.807) is 18.2 Å². The molecule has 2 rings (SSSR count). The molecular formula is C12H8BrCl2N3O. The highest BCUT2D eigenvalue weighted by Crippen LogP contribution is 2.27. The number of anilines is 2. The Morgan fingerprint density at radius 3 is 2.74 bits per heavy atom. The van der Waals surface area contributed by atoms with Crippen LogP contribution in [0.3, 0.4) is 0 Å². The van der Waals surface area contributed by atoms with Crippen molar-refractivity contribution < 1.29 is 4.79 Å². The Hall–Kier alpha value is -1.30. The average molecular weight is 361 g/mol. The average Bonchev–Trinajstić information content (AvgIpc) is 2.36. The Kier molecular flexibility index (Phi) is 4.29. The van der Waals surface area contributed by atoms with Crippen LogP contribution < -0.4 is 11.1 Å². The number of nitrogen functional groups attached to an aromatic ring is 1. The van der Waals surface area contributed by atoms with E-state index in [0.29, 0.717) is 10.7 Å². The molecule has 19 heavy (non-hydrogen) atoms. The molecule has 0 saturated heterocycles. The van der Waals surface area contributed by atoms with Gasteiger partial charge in [0.15, 0.2) is 0 Å². The maximum Gasteiger partial charge on any atom is 0.257 e. The quantitative estimate of drug-likeness (QED) is 0.850. The van der Waals surface area contributed by atoms with E-state index in [-0.39, 0.29) is 16.4 Å². The summed E-state index contributed by atoms with van der Waals surface area (Å²) in [5, 5.41) is 3.31. The molecule has 0 bridgehead atoms. The number of rotatable bonds is 2. The molecule has 3 N–H and O–H groups in total. The standard InChI is InChI=1S/C12H8BrCl2N3O/c13-6-1-2-8(14)10(3-6)18-12(19)7-4-11(16)17-5-9(7)15/h1-5H,(H2,16,17)(H,18,19). The van der Waals surface area contributed by atoms with Crippen LogP contribution in [0.4, 0.5) is 11.5 Å². The topological polar surface area (TPSA) is 68.0 Å². The third-order valence-electron chi connectivity index (χ3n) is 2.30. The van der Waals surface area contributed by atoms with E-state index < -0.39 is 5.91 Å². The first-order valence-electron chi connectivity index (χ1n) is 5.15. The monoisotopic (exact) mass is 359 g/mol. The summed E-state index contributed by atoms with van der Waals surface area (Å²) in [6.45, 7) is 0. The number of halogens is 3. The van der Waals surface area contributed by atoms with Gasteiger partial charge in [0.1, 0.15) is 5.82 Å². The summed E-state index contributed by atoms with van der Waals surface area (Å²) < 4.78 is 0.799. The Balaban J connectivity index is 2.30. The molecule has 7 heteroatoms. The van der Waals surface area contributed by atoms with E-state index in [2.05, 4.69) is 26.2 Å². The van der Waals surface area contributed by atoms with Crippen molar-refractivity contribution >= 4 is 56.5 Å². The third kappa shape index (κ3) is 3.37.